The van der Waals surface area contributed by atoms with E-state index in [0.29, 0.717) is 21.6 Å². The second-order valence-electron chi connectivity index (χ2n) is 3.26. The number of benzene rings is 1. The van der Waals surface area contributed by atoms with E-state index < -0.39 is 0 Å². The number of halogens is 3. The Bertz CT molecular complexity index is 415. The highest BCUT2D eigenvalue weighted by Gasteiger charge is 2.08. The van der Waals surface area contributed by atoms with Gasteiger partial charge in [0.05, 0.1) is 15.8 Å². The third-order valence-corrected chi connectivity index (χ3v) is 4.11. The number of terminal acetylenes is 1. The van der Waals surface area contributed by atoms with Gasteiger partial charge < -0.3 is 5.32 Å². The zero-order chi connectivity index (χ0) is 12.7. The molecule has 0 heterocycles. The molecule has 0 aliphatic carbocycles. The van der Waals surface area contributed by atoms with Crippen molar-refractivity contribution in [3.63, 3.8) is 0 Å². The van der Waals surface area contributed by atoms with Gasteiger partial charge in [-0.25, -0.2) is 0 Å². The minimum absolute atomic E-state index is 0.517. The van der Waals surface area contributed by atoms with Gasteiger partial charge in [-0.1, -0.05) is 40.7 Å². The van der Waals surface area contributed by atoms with Gasteiger partial charge in [-0.05, 0) is 12.1 Å². The fourth-order valence-electron chi connectivity index (χ4n) is 1.22. The van der Waals surface area contributed by atoms with E-state index in [1.54, 1.807) is 23.9 Å². The minimum Gasteiger partial charge on any atom is -0.312 e. The van der Waals surface area contributed by atoms with E-state index in [1.807, 2.05) is 0 Å². The molecule has 0 fully saturated rings. The molecule has 0 amide bonds. The van der Waals surface area contributed by atoms with E-state index in [-0.39, 0.29) is 0 Å². The van der Waals surface area contributed by atoms with E-state index in [9.17, 15) is 0 Å². The SMILES string of the molecule is C#CCSCCNCc1c(Cl)ccc(Cl)c1Cl. The summed E-state index contributed by atoms with van der Waals surface area (Å²) < 4.78 is 0. The van der Waals surface area contributed by atoms with E-state index in [1.165, 1.54) is 0 Å². The van der Waals surface area contributed by atoms with E-state index in [0.717, 1.165) is 23.6 Å². The third-order valence-electron chi connectivity index (χ3n) is 2.05. The quantitative estimate of drug-likeness (QED) is 0.482. The van der Waals surface area contributed by atoms with Crippen LogP contribution in [-0.2, 0) is 6.54 Å². The Morgan fingerprint density at radius 1 is 1.24 bits per heavy atom. The molecule has 1 N–H and O–H groups in total. The molecule has 0 radical (unpaired) electrons. The third kappa shape index (κ3) is 4.99. The summed E-state index contributed by atoms with van der Waals surface area (Å²) >= 11 is 19.8. The zero-order valence-electron chi connectivity index (χ0n) is 9.10. The Hall–Kier alpha value is -0.0400. The molecule has 1 nitrogen and oxygen atoms in total. The van der Waals surface area contributed by atoms with Gasteiger partial charge in [0.25, 0.3) is 0 Å². The molecule has 1 rings (SSSR count). The van der Waals surface area contributed by atoms with Crippen LogP contribution in [0.25, 0.3) is 0 Å². The van der Waals surface area contributed by atoms with Crippen LogP contribution in [0.15, 0.2) is 12.1 Å². The maximum Gasteiger partial charge on any atom is 0.0652 e. The molecule has 0 unspecified atom stereocenters. The van der Waals surface area contributed by atoms with Crippen molar-refractivity contribution in [2.75, 3.05) is 18.1 Å². The monoisotopic (exact) mass is 307 g/mol. The topological polar surface area (TPSA) is 12.0 Å². The molecule has 0 atom stereocenters. The van der Waals surface area contributed by atoms with E-state index in [4.69, 9.17) is 41.2 Å². The summed E-state index contributed by atoms with van der Waals surface area (Å²) in [5.41, 5.74) is 0.836. The largest absolute Gasteiger partial charge is 0.312 e. The van der Waals surface area contributed by atoms with Crippen LogP contribution in [0.4, 0.5) is 0 Å². The second kappa shape index (κ2) is 8.13. The molecular formula is C12H12Cl3NS. The molecule has 0 aromatic heterocycles. The average Bonchev–Trinajstić information content (AvgIpc) is 2.32. The second-order valence-corrected chi connectivity index (χ2v) is 5.55. The first kappa shape index (κ1) is 15.0. The van der Waals surface area contributed by atoms with Crippen molar-refractivity contribution >= 4 is 46.6 Å². The molecular weight excluding hydrogens is 297 g/mol. The van der Waals surface area contributed by atoms with Crippen LogP contribution in [0.5, 0.6) is 0 Å². The van der Waals surface area contributed by atoms with Crippen molar-refractivity contribution in [1.29, 1.82) is 0 Å². The van der Waals surface area contributed by atoms with Gasteiger partial charge in [-0.15, -0.1) is 18.2 Å². The fraction of sp³-hybridized carbons (Fsp3) is 0.333. The van der Waals surface area contributed by atoms with Crippen LogP contribution in [-0.4, -0.2) is 18.1 Å². The molecule has 17 heavy (non-hydrogen) atoms. The lowest BCUT2D eigenvalue weighted by atomic mass is 10.2. The predicted octanol–water partition coefficient (Wildman–Crippen LogP) is 4.10. The van der Waals surface area contributed by atoms with Crippen molar-refractivity contribution in [3.8, 4) is 12.3 Å². The van der Waals surface area contributed by atoms with Crippen LogP contribution in [0.1, 0.15) is 5.56 Å². The van der Waals surface area contributed by atoms with Crippen LogP contribution in [0.3, 0.4) is 0 Å². The number of hydrogen-bond donors (Lipinski definition) is 1. The highest BCUT2D eigenvalue weighted by Crippen LogP contribution is 2.31. The molecule has 5 heteroatoms. The summed E-state index contributed by atoms with van der Waals surface area (Å²) in [4.78, 5) is 0. The Morgan fingerprint density at radius 3 is 2.65 bits per heavy atom. The number of nitrogens with one attached hydrogen (secondary N) is 1. The molecule has 0 saturated heterocycles. The van der Waals surface area contributed by atoms with Gasteiger partial charge in [0.15, 0.2) is 0 Å². The predicted molar refractivity (Wildman–Crippen MR) is 79.3 cm³/mol. The Labute approximate surface area is 121 Å². The molecule has 1 aromatic carbocycles. The first-order chi connectivity index (χ1) is 8.16. The molecule has 0 aliphatic heterocycles. The van der Waals surface area contributed by atoms with Crippen LogP contribution in [0.2, 0.25) is 15.1 Å². The smallest absolute Gasteiger partial charge is 0.0652 e. The highest BCUT2D eigenvalue weighted by atomic mass is 35.5. The lowest BCUT2D eigenvalue weighted by Gasteiger charge is -2.09. The normalized spacial score (nSPS) is 10.2. The summed E-state index contributed by atoms with van der Waals surface area (Å²) in [5.74, 6) is 4.27. The lowest BCUT2D eigenvalue weighted by molar-refractivity contribution is 0.732. The maximum absolute atomic E-state index is 6.07. The van der Waals surface area contributed by atoms with Crippen LogP contribution in [0, 0.1) is 12.3 Å². The van der Waals surface area contributed by atoms with Gasteiger partial charge in [0.1, 0.15) is 0 Å². The lowest BCUT2D eigenvalue weighted by Crippen LogP contribution is -2.17. The van der Waals surface area contributed by atoms with Gasteiger partial charge in [-0.2, -0.15) is 0 Å². The standard InChI is InChI=1S/C12H12Cl3NS/c1-2-6-17-7-5-16-8-9-10(13)3-4-11(14)12(9)15/h1,3-4,16H,5-8H2. The highest BCUT2D eigenvalue weighted by molar-refractivity contribution is 7.99. The van der Waals surface area contributed by atoms with E-state index >= 15 is 0 Å². The summed E-state index contributed by atoms with van der Waals surface area (Å²) in [6, 6.07) is 3.44. The number of hydrogen-bond acceptors (Lipinski definition) is 2. The molecule has 0 aliphatic rings. The van der Waals surface area contributed by atoms with Crippen molar-refractivity contribution in [2.24, 2.45) is 0 Å². The molecule has 0 bridgehead atoms. The zero-order valence-corrected chi connectivity index (χ0v) is 12.2. The molecule has 0 spiro atoms. The van der Waals surface area contributed by atoms with Crippen molar-refractivity contribution < 1.29 is 0 Å². The van der Waals surface area contributed by atoms with Gasteiger partial charge in [-0.3, -0.25) is 0 Å². The van der Waals surface area contributed by atoms with E-state index in [2.05, 4.69) is 11.2 Å². The van der Waals surface area contributed by atoms with Crippen molar-refractivity contribution in [3.05, 3.63) is 32.8 Å². The fourth-order valence-corrected chi connectivity index (χ4v) is 2.45. The first-order valence-corrected chi connectivity index (χ1v) is 7.30. The van der Waals surface area contributed by atoms with Crippen molar-refractivity contribution in [1.82, 2.24) is 5.32 Å². The Balaban J connectivity index is 2.42. The molecule has 0 saturated carbocycles. The van der Waals surface area contributed by atoms with Gasteiger partial charge in [0, 0.05) is 29.4 Å². The molecule has 92 valence electrons. The van der Waals surface area contributed by atoms with Gasteiger partial charge in [0.2, 0.25) is 0 Å². The Morgan fingerprint density at radius 2 is 1.94 bits per heavy atom. The Kier molecular flexibility index (Phi) is 7.18. The maximum atomic E-state index is 6.07. The number of thioether (sulfide) groups is 1. The van der Waals surface area contributed by atoms with Gasteiger partial charge >= 0.3 is 0 Å². The van der Waals surface area contributed by atoms with Crippen LogP contribution >= 0.6 is 46.6 Å². The number of rotatable bonds is 6. The summed E-state index contributed by atoms with van der Waals surface area (Å²) in [6.45, 7) is 1.46. The first-order valence-electron chi connectivity index (χ1n) is 5.01. The summed E-state index contributed by atoms with van der Waals surface area (Å²) in [5, 5.41) is 4.92. The van der Waals surface area contributed by atoms with Crippen LogP contribution < -0.4 is 5.32 Å². The minimum atomic E-state index is 0.517. The summed E-state index contributed by atoms with van der Waals surface area (Å²) in [7, 11) is 0. The van der Waals surface area contributed by atoms with Crippen molar-refractivity contribution in [2.45, 2.75) is 6.54 Å². The summed E-state index contributed by atoms with van der Waals surface area (Å²) in [6.07, 6.45) is 5.15. The molecule has 1 aromatic rings. The average molecular weight is 309 g/mol.